The number of fused-ring (bicyclic) bond motifs is 5. The first-order valence-electron chi connectivity index (χ1n) is 14.7. The molecule has 44 heavy (non-hydrogen) atoms. The standard InChI is InChI=1S/C32H32BrN7O4/c1-15-5-6-27(33)36-30(15)37-31(44)25-11-32(4)12-26(32)40(25)28(43)14-39-24-8-18-7-19(42)9-23-22(13-34-17(3)35-23)20(18)10-21(24)29(38-39)16(2)41/h5-6,8,10,13,19,25-26,42H,7,9,11-12,14H2,1-4H3,(H,36,37,44)/t19?,25-,26+,32-/m0/s1. The van der Waals surface area contributed by atoms with Gasteiger partial charge in [-0.15, -0.1) is 0 Å². The van der Waals surface area contributed by atoms with Gasteiger partial charge in [-0.3, -0.25) is 19.1 Å². The van der Waals surface area contributed by atoms with E-state index in [4.69, 9.17) is 0 Å². The van der Waals surface area contributed by atoms with Crippen LogP contribution in [0, 0.1) is 19.3 Å². The summed E-state index contributed by atoms with van der Waals surface area (Å²) >= 11 is 3.36. The van der Waals surface area contributed by atoms with Gasteiger partial charge in [-0.25, -0.2) is 15.0 Å². The topological polar surface area (TPSA) is 143 Å². The molecule has 4 heterocycles. The van der Waals surface area contributed by atoms with Gasteiger partial charge in [-0.1, -0.05) is 13.0 Å². The molecule has 0 bridgehead atoms. The molecule has 0 radical (unpaired) electrons. The smallest absolute Gasteiger partial charge is 0.248 e. The number of halogens is 1. The molecular formula is C32H32BrN7O4. The van der Waals surface area contributed by atoms with E-state index in [-0.39, 0.29) is 41.3 Å². The molecule has 3 aliphatic rings. The molecular weight excluding hydrogens is 626 g/mol. The van der Waals surface area contributed by atoms with E-state index >= 15 is 0 Å². The first kappa shape index (κ1) is 28.7. The number of anilines is 1. The van der Waals surface area contributed by atoms with Crippen LogP contribution >= 0.6 is 15.9 Å². The van der Waals surface area contributed by atoms with Crippen molar-refractivity contribution in [2.24, 2.45) is 5.41 Å². The molecule has 2 amide bonds. The van der Waals surface area contributed by atoms with Crippen LogP contribution in [-0.4, -0.2) is 70.5 Å². The van der Waals surface area contributed by atoms with E-state index in [1.165, 1.54) is 6.92 Å². The second-order valence-corrected chi connectivity index (χ2v) is 13.4. The quantitative estimate of drug-likeness (QED) is 0.243. The zero-order valence-corrected chi connectivity index (χ0v) is 26.5. The van der Waals surface area contributed by atoms with Gasteiger partial charge in [0, 0.05) is 36.5 Å². The predicted molar refractivity (Wildman–Crippen MR) is 166 cm³/mol. The summed E-state index contributed by atoms with van der Waals surface area (Å²) in [6.07, 6.45) is 3.29. The lowest BCUT2D eigenvalue weighted by atomic mass is 9.96. The van der Waals surface area contributed by atoms with E-state index < -0.39 is 12.1 Å². The van der Waals surface area contributed by atoms with E-state index in [0.717, 1.165) is 34.4 Å². The van der Waals surface area contributed by atoms with E-state index in [9.17, 15) is 19.5 Å². The minimum Gasteiger partial charge on any atom is -0.392 e. The number of benzene rings is 1. The SMILES string of the molecule is CC(=O)c1nn(CC(=O)N2[C@H](C(=O)Nc3nc(Br)ccc3C)C[C@@]3(C)C[C@@H]23)c2cc3c(cc12)-c1cnc(C)nc1CC(O)C3. The number of amides is 2. The van der Waals surface area contributed by atoms with Crippen LogP contribution in [0.1, 0.15) is 59.8 Å². The molecule has 226 valence electrons. The number of carbonyl (C=O) groups is 3. The van der Waals surface area contributed by atoms with Gasteiger partial charge >= 0.3 is 0 Å². The molecule has 3 aromatic heterocycles. The molecule has 1 aromatic carbocycles. The fraction of sp³-hybridized carbons (Fsp3) is 0.406. The molecule has 4 aromatic rings. The van der Waals surface area contributed by atoms with Crippen molar-refractivity contribution in [2.45, 2.75) is 78.1 Å². The van der Waals surface area contributed by atoms with E-state index in [1.54, 1.807) is 15.8 Å². The number of aliphatic hydroxyl groups excluding tert-OH is 1. The Bertz CT molecular complexity index is 1910. The van der Waals surface area contributed by atoms with Crippen molar-refractivity contribution in [1.29, 1.82) is 0 Å². The third kappa shape index (κ3) is 4.80. The lowest BCUT2D eigenvalue weighted by molar-refractivity contribution is -0.138. The van der Waals surface area contributed by atoms with Crippen LogP contribution in [0.2, 0.25) is 0 Å². The summed E-state index contributed by atoms with van der Waals surface area (Å²) in [7, 11) is 0. The van der Waals surface area contributed by atoms with Gasteiger partial charge in [0.1, 0.15) is 34.5 Å². The number of carbonyl (C=O) groups excluding carboxylic acids is 3. The molecule has 2 fully saturated rings. The van der Waals surface area contributed by atoms with Crippen LogP contribution in [0.3, 0.4) is 0 Å². The maximum atomic E-state index is 14.0. The van der Waals surface area contributed by atoms with Crippen LogP contribution in [-0.2, 0) is 29.0 Å². The first-order chi connectivity index (χ1) is 20.9. The second kappa shape index (κ2) is 10.3. The molecule has 1 saturated heterocycles. The fourth-order valence-electron chi connectivity index (χ4n) is 6.91. The normalized spacial score (nSPS) is 23.5. The molecule has 12 heteroatoms. The number of hydrogen-bond donors (Lipinski definition) is 2. The maximum Gasteiger partial charge on any atom is 0.248 e. The number of piperidine rings is 1. The highest BCUT2D eigenvalue weighted by Crippen LogP contribution is 2.59. The number of pyridine rings is 1. The number of nitrogens with one attached hydrogen (secondary N) is 1. The Hall–Kier alpha value is -4.03. The minimum absolute atomic E-state index is 0.0391. The monoisotopic (exact) mass is 657 g/mol. The summed E-state index contributed by atoms with van der Waals surface area (Å²) in [6.45, 7) is 7.11. The minimum atomic E-state index is -0.646. The van der Waals surface area contributed by atoms with Crippen molar-refractivity contribution < 1.29 is 19.5 Å². The van der Waals surface area contributed by atoms with Crippen molar-refractivity contribution in [3.8, 4) is 11.1 Å². The van der Waals surface area contributed by atoms with Crippen molar-refractivity contribution >= 4 is 50.2 Å². The summed E-state index contributed by atoms with van der Waals surface area (Å²) in [5.74, 6) is 0.349. The Morgan fingerprint density at radius 1 is 1.11 bits per heavy atom. The van der Waals surface area contributed by atoms with Gasteiger partial charge in [-0.05, 0) is 89.3 Å². The van der Waals surface area contributed by atoms with E-state index in [1.807, 2.05) is 38.1 Å². The summed E-state index contributed by atoms with van der Waals surface area (Å²) in [5, 5.41) is 19.0. The maximum absolute atomic E-state index is 14.0. The highest BCUT2D eigenvalue weighted by molar-refractivity contribution is 9.10. The Kier molecular flexibility index (Phi) is 6.70. The number of likely N-dealkylation sites (tertiary alicyclic amines) is 1. The Labute approximate surface area is 262 Å². The lowest BCUT2D eigenvalue weighted by Crippen LogP contribution is -2.47. The number of ketones is 1. The molecule has 1 aliphatic heterocycles. The Morgan fingerprint density at radius 2 is 1.91 bits per heavy atom. The molecule has 7 rings (SSSR count). The Balaban J connectivity index is 1.24. The van der Waals surface area contributed by atoms with Crippen LogP contribution in [0.5, 0.6) is 0 Å². The van der Waals surface area contributed by atoms with E-state index in [2.05, 4.69) is 48.2 Å². The van der Waals surface area contributed by atoms with Gasteiger partial charge in [-0.2, -0.15) is 5.10 Å². The van der Waals surface area contributed by atoms with Gasteiger partial charge in [0.25, 0.3) is 0 Å². The third-order valence-electron chi connectivity index (χ3n) is 9.29. The number of hydrogen-bond acceptors (Lipinski definition) is 8. The van der Waals surface area contributed by atoms with Crippen molar-refractivity contribution in [3.63, 3.8) is 0 Å². The molecule has 1 saturated carbocycles. The van der Waals surface area contributed by atoms with Gasteiger partial charge < -0.3 is 15.3 Å². The number of nitrogens with zero attached hydrogens (tertiary/aromatic N) is 6. The van der Waals surface area contributed by atoms with E-state index in [0.29, 0.717) is 46.4 Å². The van der Waals surface area contributed by atoms with Crippen LogP contribution < -0.4 is 5.32 Å². The second-order valence-electron chi connectivity index (χ2n) is 12.6. The zero-order valence-electron chi connectivity index (χ0n) is 24.9. The number of aromatic nitrogens is 5. The highest BCUT2D eigenvalue weighted by Gasteiger charge is 2.64. The molecule has 11 nitrogen and oxygen atoms in total. The molecule has 4 atom stereocenters. The van der Waals surface area contributed by atoms with Gasteiger partial charge in [0.2, 0.25) is 11.8 Å². The lowest BCUT2D eigenvalue weighted by Gasteiger charge is -2.27. The summed E-state index contributed by atoms with van der Waals surface area (Å²) < 4.78 is 2.17. The average molecular weight is 659 g/mol. The predicted octanol–water partition coefficient (Wildman–Crippen LogP) is 3.95. The largest absolute Gasteiger partial charge is 0.392 e. The summed E-state index contributed by atoms with van der Waals surface area (Å²) in [4.78, 5) is 55.4. The highest BCUT2D eigenvalue weighted by atomic mass is 79.9. The fourth-order valence-corrected chi connectivity index (χ4v) is 7.22. The number of aliphatic hydroxyl groups is 1. The number of Topliss-reactive ketones (excluding diaryl/α,β-unsaturated/α-hetero) is 1. The first-order valence-corrected chi connectivity index (χ1v) is 15.5. The van der Waals surface area contributed by atoms with Gasteiger partial charge in [0.15, 0.2) is 5.78 Å². The Morgan fingerprint density at radius 3 is 2.68 bits per heavy atom. The van der Waals surface area contributed by atoms with Crippen molar-refractivity contribution in [2.75, 3.05) is 5.32 Å². The van der Waals surface area contributed by atoms with Crippen molar-refractivity contribution in [1.82, 2.24) is 29.6 Å². The molecule has 0 spiro atoms. The van der Waals surface area contributed by atoms with Crippen molar-refractivity contribution in [3.05, 3.63) is 63.4 Å². The number of rotatable bonds is 5. The summed E-state index contributed by atoms with van der Waals surface area (Å²) in [5.41, 5.74) is 4.88. The summed E-state index contributed by atoms with van der Waals surface area (Å²) in [6, 6.07) is 6.80. The van der Waals surface area contributed by atoms with Crippen LogP contribution in [0.15, 0.2) is 35.1 Å². The van der Waals surface area contributed by atoms with Crippen LogP contribution in [0.4, 0.5) is 5.82 Å². The molecule has 2 aliphatic carbocycles. The number of aryl methyl sites for hydroxylation is 2. The average Bonchev–Trinajstić information content (AvgIpc) is 3.39. The van der Waals surface area contributed by atoms with Crippen LogP contribution in [0.25, 0.3) is 22.0 Å². The van der Waals surface area contributed by atoms with Gasteiger partial charge in [0.05, 0.1) is 17.3 Å². The third-order valence-corrected chi connectivity index (χ3v) is 9.73. The molecule has 2 N–H and O–H groups in total. The zero-order chi connectivity index (χ0) is 31.1. The molecule has 1 unspecified atom stereocenters.